The summed E-state index contributed by atoms with van der Waals surface area (Å²) < 4.78 is 20.5. The summed E-state index contributed by atoms with van der Waals surface area (Å²) in [7, 11) is 0. The smallest absolute Gasteiger partial charge is 0.410 e. The molecule has 4 aliphatic heterocycles. The van der Waals surface area contributed by atoms with Crippen LogP contribution in [0.1, 0.15) is 98.1 Å². The molecule has 4 atom stereocenters. The van der Waals surface area contributed by atoms with Crippen molar-refractivity contribution in [3.63, 3.8) is 0 Å². The molecule has 0 aromatic heterocycles. The first-order valence-corrected chi connectivity index (χ1v) is 24.8. The Bertz CT molecular complexity index is 1870. The van der Waals surface area contributed by atoms with Crippen LogP contribution in [-0.2, 0) is 36.6 Å². The van der Waals surface area contributed by atoms with Crippen LogP contribution in [0, 0.1) is 5.92 Å². The van der Waals surface area contributed by atoms with Gasteiger partial charge < -0.3 is 33.6 Å². The molecule has 0 bridgehead atoms. The van der Waals surface area contributed by atoms with E-state index >= 15 is 0 Å². The fourth-order valence-electron chi connectivity index (χ4n) is 9.37. The van der Waals surface area contributed by atoms with E-state index in [1.165, 1.54) is 30.9 Å². The van der Waals surface area contributed by atoms with Crippen molar-refractivity contribution in [2.24, 2.45) is 5.92 Å². The Morgan fingerprint density at radius 2 is 1.07 bits per heavy atom. The molecule has 4 saturated heterocycles. The van der Waals surface area contributed by atoms with Crippen molar-refractivity contribution in [3.8, 4) is 0 Å². The van der Waals surface area contributed by atoms with Gasteiger partial charge in [0.1, 0.15) is 18.8 Å². The molecule has 2 aromatic carbocycles. The molecule has 0 saturated carbocycles. The number of nitrogens with zero attached hydrogens (tertiary/aromatic N) is 5. The first kappa shape index (κ1) is 61.4. The van der Waals surface area contributed by atoms with Gasteiger partial charge in [0.25, 0.3) is 0 Å². The van der Waals surface area contributed by atoms with Crippen LogP contribution in [0.4, 0.5) is 14.4 Å². The minimum atomic E-state index is -0.535. The number of benzene rings is 2. The second kappa shape index (κ2) is 30.9. The summed E-state index contributed by atoms with van der Waals surface area (Å²) in [6.07, 6.45) is 10.7. The van der Waals surface area contributed by atoms with E-state index in [2.05, 4.69) is 65.8 Å². The first-order chi connectivity index (χ1) is 31.9. The second-order valence-corrected chi connectivity index (χ2v) is 20.0. The summed E-state index contributed by atoms with van der Waals surface area (Å²) in [5, 5.41) is 1.51. The number of rotatable bonds is 11. The number of hydrogen-bond donors (Lipinski definition) is 0. The van der Waals surface area contributed by atoms with Gasteiger partial charge in [-0.3, -0.25) is 14.6 Å². The number of halogens is 4. The van der Waals surface area contributed by atoms with E-state index < -0.39 is 5.60 Å². The molecule has 388 valence electrons. The molecule has 4 aliphatic rings. The predicted molar refractivity (Wildman–Crippen MR) is 281 cm³/mol. The lowest BCUT2D eigenvalue weighted by molar-refractivity contribution is -0.140. The summed E-state index contributed by atoms with van der Waals surface area (Å²) in [4.78, 5) is 57.8. The summed E-state index contributed by atoms with van der Waals surface area (Å²) in [6.45, 7) is 26.9. The zero-order chi connectivity index (χ0) is 49.1. The molecule has 0 spiro atoms. The number of ether oxygens (including phenoxy) is 4. The van der Waals surface area contributed by atoms with Crippen molar-refractivity contribution in [2.75, 3.05) is 65.6 Å². The van der Waals surface area contributed by atoms with Crippen LogP contribution in [0.3, 0.4) is 0 Å². The number of carbonyl (C=O) groups is 4. The van der Waals surface area contributed by atoms with Gasteiger partial charge in [-0.1, -0.05) is 79.7 Å². The monoisotopic (exact) mass is 1040 g/mol. The maximum Gasteiger partial charge on any atom is 0.410 e. The number of piperazine rings is 1. The average molecular weight is 1040 g/mol. The van der Waals surface area contributed by atoms with Crippen molar-refractivity contribution < 1.29 is 38.1 Å². The lowest BCUT2D eigenvalue weighted by atomic mass is 9.87. The molecular weight excluding hydrogens is 964 g/mol. The van der Waals surface area contributed by atoms with Crippen molar-refractivity contribution in [2.45, 2.75) is 136 Å². The molecule has 0 N–H and O–H groups in total. The fraction of sp³-hybridized carbons (Fsp3) is 0.615. The Morgan fingerprint density at radius 1 is 0.638 bits per heavy atom. The Kier molecular flexibility index (Phi) is 27.5. The number of esters is 1. The van der Waals surface area contributed by atoms with Gasteiger partial charge in [-0.25, -0.2) is 14.4 Å². The molecule has 4 heterocycles. The van der Waals surface area contributed by atoms with Gasteiger partial charge in [0.05, 0.1) is 6.61 Å². The first-order valence-electron chi connectivity index (χ1n) is 24.1. The third-order valence-electron chi connectivity index (χ3n) is 12.6. The Morgan fingerprint density at radius 3 is 1.46 bits per heavy atom. The lowest BCUT2D eigenvalue weighted by Gasteiger charge is -2.50. The Labute approximate surface area is 435 Å². The zero-order valence-electron chi connectivity index (χ0n) is 42.0. The molecule has 2 unspecified atom stereocenters. The van der Waals surface area contributed by atoms with Gasteiger partial charge in [-0.05, 0) is 127 Å². The highest BCUT2D eigenvalue weighted by molar-refractivity contribution is 6.30. The van der Waals surface area contributed by atoms with Gasteiger partial charge in [0.15, 0.2) is 0 Å². The number of hydrogen-bond acceptors (Lipinski definition) is 10. The number of amides is 3. The zero-order valence-corrected chi connectivity index (χ0v) is 45.1. The van der Waals surface area contributed by atoms with Crippen molar-refractivity contribution in [1.29, 1.82) is 0 Å². The highest BCUT2D eigenvalue weighted by Crippen LogP contribution is 2.31. The Balaban J connectivity index is 0.000000420. The molecule has 17 heteroatoms. The molecule has 3 amide bonds. The quantitative estimate of drug-likeness (QED) is 0.122. The van der Waals surface area contributed by atoms with Crippen molar-refractivity contribution in [3.05, 3.63) is 95.0 Å². The highest BCUT2D eigenvalue weighted by Gasteiger charge is 2.41. The highest BCUT2D eigenvalue weighted by atomic mass is 35.5. The van der Waals surface area contributed by atoms with Gasteiger partial charge in [0, 0.05) is 93.0 Å². The molecule has 6 rings (SSSR count). The minimum absolute atomic E-state index is 0. The molecule has 0 aliphatic carbocycles. The lowest BCUT2D eigenvalue weighted by Crippen LogP contribution is -2.63. The van der Waals surface area contributed by atoms with E-state index in [0.29, 0.717) is 49.4 Å². The van der Waals surface area contributed by atoms with Gasteiger partial charge in [-0.2, -0.15) is 0 Å². The van der Waals surface area contributed by atoms with E-state index in [1.807, 2.05) is 54.8 Å². The minimum Gasteiger partial charge on any atom is -0.466 e. The molecule has 69 heavy (non-hydrogen) atoms. The second-order valence-electron chi connectivity index (χ2n) is 19.1. The molecule has 13 nitrogen and oxygen atoms in total. The van der Waals surface area contributed by atoms with Crippen LogP contribution >= 0.6 is 48.0 Å². The number of likely N-dealkylation sites (tertiary alicyclic amines) is 3. The fourth-order valence-corrected chi connectivity index (χ4v) is 9.62. The van der Waals surface area contributed by atoms with Gasteiger partial charge in [-0.15, -0.1) is 24.8 Å². The van der Waals surface area contributed by atoms with E-state index in [4.69, 9.17) is 37.4 Å². The summed E-state index contributed by atoms with van der Waals surface area (Å²) in [5.74, 6) is 0.527. The van der Waals surface area contributed by atoms with Crippen LogP contribution in [0.5, 0.6) is 0 Å². The number of piperidine rings is 3. The van der Waals surface area contributed by atoms with E-state index in [9.17, 15) is 19.2 Å². The van der Waals surface area contributed by atoms with Crippen molar-refractivity contribution in [1.82, 2.24) is 24.5 Å². The third-order valence-corrected chi connectivity index (χ3v) is 13.1. The summed E-state index contributed by atoms with van der Waals surface area (Å²) >= 11 is 12.1. The number of carbonyl (C=O) groups excluding carboxylic acids is 4. The normalized spacial score (nSPS) is 21.3. The third kappa shape index (κ3) is 20.9. The maximum absolute atomic E-state index is 13.0. The van der Waals surface area contributed by atoms with E-state index in [1.54, 1.807) is 24.0 Å². The van der Waals surface area contributed by atoms with Crippen LogP contribution in [-0.4, -0.2) is 150 Å². The van der Waals surface area contributed by atoms with Gasteiger partial charge >= 0.3 is 24.2 Å². The summed E-state index contributed by atoms with van der Waals surface area (Å²) in [5.41, 5.74) is 2.00. The van der Waals surface area contributed by atoms with Gasteiger partial charge in [0.2, 0.25) is 0 Å². The van der Waals surface area contributed by atoms with E-state index in [-0.39, 0.29) is 74.4 Å². The SMILES string of the molecule is C=CCOC(=O)N1CCC(N2C[C@H](C)CCC2Cc2ccc(Cl)cc2)CC1.C=CCOC(=O)N1CCC(N2C[C@H](C)N(C(=O)OC(C)(C)C)CC2Cc2ccc(Cl)cc2)CC1.CCOC(C)=O.Cl.Cl. The standard InChI is InChI=1S/C26H38ClN3O4.C22H31ClN2O2.C4H8O2.2ClH/c1-6-15-33-24(31)28-13-11-22(12-14-28)30-17-19(2)29(25(32)34-26(3,4)5)18-23(30)16-20-7-9-21(27)10-8-20;1-3-14-27-22(26)24-12-10-20(11-13-24)25-16-17(2)4-9-21(25)15-18-5-7-19(23)8-6-18;1-3-6-4(2)5;;/h6-10,19,22-23H,1,11-18H2,2-5H3;3,5-8,17,20-21H,1,4,9-16H2,2H3;3H2,1-2H3;2*1H/t19-,23?;17-,21?;;;/m01.../s1. The maximum atomic E-state index is 13.0. The topological polar surface area (TPSA) is 121 Å². The van der Waals surface area contributed by atoms with Crippen LogP contribution in [0.25, 0.3) is 0 Å². The van der Waals surface area contributed by atoms with E-state index in [0.717, 1.165) is 75.6 Å². The predicted octanol–water partition coefficient (Wildman–Crippen LogP) is 11.2. The van der Waals surface area contributed by atoms with Crippen LogP contribution < -0.4 is 0 Å². The average Bonchev–Trinajstić information content (AvgIpc) is 3.29. The molecular formula is C52H79Cl4N5O8. The largest absolute Gasteiger partial charge is 0.466 e. The molecule has 0 radical (unpaired) electrons. The van der Waals surface area contributed by atoms with Crippen LogP contribution in [0.2, 0.25) is 10.0 Å². The van der Waals surface area contributed by atoms with Crippen molar-refractivity contribution >= 4 is 72.3 Å². The molecule has 2 aromatic rings. The van der Waals surface area contributed by atoms with Crippen LogP contribution in [0.15, 0.2) is 73.8 Å². The molecule has 4 fully saturated rings. The summed E-state index contributed by atoms with van der Waals surface area (Å²) in [6, 6.07) is 17.8. The Hall–Kier alpha value is -3.72.